The third kappa shape index (κ3) is 5.65. The largest absolute Gasteiger partial charge is 0.456 e. The average molecular weight is 737 g/mol. The van der Waals surface area contributed by atoms with Crippen molar-refractivity contribution in [3.8, 4) is 54.6 Å². The minimum atomic E-state index is 0.611. The molecule has 0 saturated heterocycles. The maximum atomic E-state index is 6.17. The molecule has 0 bridgehead atoms. The number of hydrogen-bond acceptors (Lipinski definition) is 5. The predicted octanol–water partition coefficient (Wildman–Crippen LogP) is 15.0. The van der Waals surface area contributed by atoms with Crippen molar-refractivity contribution in [3.05, 3.63) is 194 Å². The smallest absolute Gasteiger partial charge is 0.227 e. The van der Waals surface area contributed by atoms with Crippen LogP contribution >= 0.6 is 11.3 Å². The van der Waals surface area contributed by atoms with Crippen molar-refractivity contribution in [2.24, 2.45) is 0 Å². The topological polar surface area (TPSA) is 42.4 Å². The molecule has 0 saturated carbocycles. The minimum Gasteiger partial charge on any atom is -0.456 e. The molecule has 0 spiro atoms. The minimum absolute atomic E-state index is 0.611. The third-order valence-corrected chi connectivity index (χ3v) is 11.7. The van der Waals surface area contributed by atoms with Crippen LogP contribution in [0.3, 0.4) is 0 Å². The van der Waals surface area contributed by atoms with Gasteiger partial charge in [-0.2, -0.15) is 0 Å². The van der Waals surface area contributed by atoms with E-state index in [0.29, 0.717) is 5.89 Å². The first-order valence-corrected chi connectivity index (χ1v) is 19.5. The Morgan fingerprint density at radius 1 is 0.393 bits per heavy atom. The number of nitrogens with zero attached hydrogens (tertiary/aromatic N) is 2. The second kappa shape index (κ2) is 13.3. The van der Waals surface area contributed by atoms with Crippen LogP contribution in [0.5, 0.6) is 0 Å². The van der Waals surface area contributed by atoms with E-state index in [0.717, 1.165) is 77.9 Å². The van der Waals surface area contributed by atoms with Gasteiger partial charge >= 0.3 is 0 Å². The number of oxazole rings is 1. The van der Waals surface area contributed by atoms with Crippen LogP contribution in [0.2, 0.25) is 0 Å². The van der Waals surface area contributed by atoms with E-state index in [1.54, 1.807) is 0 Å². The van der Waals surface area contributed by atoms with Gasteiger partial charge in [-0.25, -0.2) is 4.98 Å². The second-order valence-corrected chi connectivity index (χ2v) is 15.0. The summed E-state index contributed by atoms with van der Waals surface area (Å²) in [4.78, 5) is 9.57. The van der Waals surface area contributed by atoms with Crippen molar-refractivity contribution in [1.82, 2.24) is 4.98 Å². The van der Waals surface area contributed by atoms with Crippen molar-refractivity contribution >= 4 is 61.4 Å². The van der Waals surface area contributed by atoms with Crippen LogP contribution in [0.25, 0.3) is 87.6 Å². The number of rotatable bonds is 7. The molecule has 9 aromatic rings. The molecular formula is C51H32N2O2S. The highest BCUT2D eigenvalue weighted by Crippen LogP contribution is 2.45. The van der Waals surface area contributed by atoms with Gasteiger partial charge in [-0.15, -0.1) is 11.3 Å². The SMILES string of the molecule is c1cc2ccc(-c3ccccc3N(c3ccc(-c4ccc(-c5ccc6c(c5)oc5ccccc56)cc4)cc3)c3ccc(-c4nc5ccccc5o4)cc3)sc-2c1. The van der Waals surface area contributed by atoms with Gasteiger partial charge in [0.25, 0.3) is 0 Å². The van der Waals surface area contributed by atoms with Gasteiger partial charge < -0.3 is 13.7 Å². The van der Waals surface area contributed by atoms with Gasteiger partial charge in [0, 0.05) is 43.0 Å². The van der Waals surface area contributed by atoms with Crippen LogP contribution in [0.15, 0.2) is 203 Å². The Morgan fingerprint density at radius 2 is 1.00 bits per heavy atom. The molecule has 4 nitrogen and oxygen atoms in total. The van der Waals surface area contributed by atoms with Gasteiger partial charge in [-0.1, -0.05) is 109 Å². The lowest BCUT2D eigenvalue weighted by molar-refractivity contribution is 0.620. The second-order valence-electron chi connectivity index (χ2n) is 14.0. The van der Waals surface area contributed by atoms with E-state index in [-0.39, 0.29) is 0 Å². The van der Waals surface area contributed by atoms with E-state index in [4.69, 9.17) is 13.8 Å². The highest BCUT2D eigenvalue weighted by atomic mass is 32.1. The zero-order valence-corrected chi connectivity index (χ0v) is 30.9. The summed E-state index contributed by atoms with van der Waals surface area (Å²) >= 11 is 1.82. The van der Waals surface area contributed by atoms with Crippen LogP contribution in [0.1, 0.15) is 0 Å². The molecule has 2 aromatic heterocycles. The molecule has 7 aromatic carbocycles. The number of fused-ring (bicyclic) bond motifs is 5. The highest BCUT2D eigenvalue weighted by Gasteiger charge is 2.19. The molecular weight excluding hydrogens is 705 g/mol. The molecule has 1 aliphatic heterocycles. The molecule has 0 fully saturated rings. The number of hydrogen-bond donors (Lipinski definition) is 0. The fraction of sp³-hybridized carbons (Fsp3) is 0. The van der Waals surface area contributed by atoms with E-state index < -0.39 is 0 Å². The molecule has 3 heterocycles. The van der Waals surface area contributed by atoms with Gasteiger partial charge in [0.1, 0.15) is 16.7 Å². The first-order valence-electron chi connectivity index (χ1n) is 18.7. The summed E-state index contributed by atoms with van der Waals surface area (Å²) in [6.45, 7) is 0. The zero-order chi connectivity index (χ0) is 37.0. The number of anilines is 3. The van der Waals surface area contributed by atoms with Gasteiger partial charge in [-0.05, 0) is 113 Å². The van der Waals surface area contributed by atoms with Crippen LogP contribution in [0.4, 0.5) is 17.1 Å². The summed E-state index contributed by atoms with van der Waals surface area (Å²) in [6, 6.07) is 68.3. The Bertz CT molecular complexity index is 3100. The lowest BCUT2D eigenvalue weighted by atomic mass is 9.99. The first-order chi connectivity index (χ1) is 27.7. The third-order valence-electron chi connectivity index (χ3n) is 10.6. The quantitative estimate of drug-likeness (QED) is 0.163. The first kappa shape index (κ1) is 32.2. The van der Waals surface area contributed by atoms with E-state index in [1.807, 2.05) is 47.7 Å². The number of furan rings is 1. The summed E-state index contributed by atoms with van der Waals surface area (Å²) in [6.07, 6.45) is 0. The molecule has 5 heteroatoms. The summed E-state index contributed by atoms with van der Waals surface area (Å²) in [5.74, 6) is 0.611. The number of benzene rings is 7. The molecule has 264 valence electrons. The van der Waals surface area contributed by atoms with Crippen molar-refractivity contribution in [3.63, 3.8) is 0 Å². The average Bonchev–Trinajstić information content (AvgIpc) is 4.01. The Hall–Kier alpha value is -7.21. The molecule has 0 amide bonds. The fourth-order valence-corrected chi connectivity index (χ4v) is 8.78. The van der Waals surface area contributed by atoms with E-state index in [1.165, 1.54) is 20.9 Å². The number of para-hydroxylation sites is 4. The van der Waals surface area contributed by atoms with Gasteiger partial charge in [0.2, 0.25) is 5.89 Å². The molecule has 2 aliphatic rings. The molecule has 0 radical (unpaired) electrons. The monoisotopic (exact) mass is 736 g/mol. The zero-order valence-electron chi connectivity index (χ0n) is 30.1. The van der Waals surface area contributed by atoms with Crippen LogP contribution in [-0.2, 0) is 0 Å². The lowest BCUT2D eigenvalue weighted by Crippen LogP contribution is -2.11. The van der Waals surface area contributed by atoms with Crippen LogP contribution in [0, 0.1) is 0 Å². The van der Waals surface area contributed by atoms with Crippen molar-refractivity contribution < 1.29 is 8.83 Å². The molecule has 0 unspecified atom stereocenters. The summed E-state index contributed by atoms with van der Waals surface area (Å²) in [7, 11) is 0. The van der Waals surface area contributed by atoms with Crippen molar-refractivity contribution in [1.29, 1.82) is 0 Å². The summed E-state index contributed by atoms with van der Waals surface area (Å²) < 4.78 is 12.3. The summed E-state index contributed by atoms with van der Waals surface area (Å²) in [5.41, 5.74) is 14.6. The Morgan fingerprint density at radius 3 is 1.79 bits per heavy atom. The highest BCUT2D eigenvalue weighted by molar-refractivity contribution is 7.18. The van der Waals surface area contributed by atoms with E-state index in [9.17, 15) is 0 Å². The molecule has 0 N–H and O–H groups in total. The van der Waals surface area contributed by atoms with Gasteiger partial charge in [0.05, 0.1) is 5.69 Å². The van der Waals surface area contributed by atoms with Crippen LogP contribution in [-0.4, -0.2) is 4.98 Å². The lowest BCUT2D eigenvalue weighted by Gasteiger charge is -2.28. The summed E-state index contributed by atoms with van der Waals surface area (Å²) in [5, 5.41) is 2.28. The van der Waals surface area contributed by atoms with E-state index >= 15 is 0 Å². The molecule has 56 heavy (non-hydrogen) atoms. The van der Waals surface area contributed by atoms with Crippen molar-refractivity contribution in [2.75, 3.05) is 4.90 Å². The van der Waals surface area contributed by atoms with Crippen LogP contribution < -0.4 is 4.90 Å². The van der Waals surface area contributed by atoms with E-state index in [2.05, 4.69) is 163 Å². The van der Waals surface area contributed by atoms with Gasteiger partial charge in [-0.3, -0.25) is 0 Å². The molecule has 0 atom stereocenters. The molecule has 11 rings (SSSR count). The van der Waals surface area contributed by atoms with Gasteiger partial charge in [0.15, 0.2) is 5.58 Å². The Kier molecular flexibility index (Phi) is 7.64. The maximum absolute atomic E-state index is 6.17. The number of aromatic nitrogens is 1. The maximum Gasteiger partial charge on any atom is 0.227 e. The standard InChI is InChI=1S/C51H32N2O2S/c1-4-12-45(43(10-1)50-31-25-36-8-7-15-49(36)56-50)53(40-28-22-37(23-29-40)51-52-44-11-3-6-14-47(44)55-51)39-26-20-34(21-27-39)33-16-18-35(19-17-33)38-24-30-42-41-9-2-5-13-46(41)54-48(42)32-38/h1-32H. The van der Waals surface area contributed by atoms with Crippen molar-refractivity contribution in [2.45, 2.75) is 0 Å². The Labute approximate surface area is 327 Å². The normalized spacial score (nSPS) is 11.6. The fourth-order valence-electron chi connectivity index (χ4n) is 7.73. The predicted molar refractivity (Wildman–Crippen MR) is 232 cm³/mol. The molecule has 1 aliphatic carbocycles. The Balaban J connectivity index is 0.950.